The van der Waals surface area contributed by atoms with E-state index in [0.717, 1.165) is 9.79 Å². The van der Waals surface area contributed by atoms with Gasteiger partial charge in [0.2, 0.25) is 0 Å². The second kappa shape index (κ2) is 5.60. The predicted octanol–water partition coefficient (Wildman–Crippen LogP) is 3.17. The molecule has 4 heteroatoms. The van der Waals surface area contributed by atoms with Crippen molar-refractivity contribution in [3.05, 3.63) is 54.1 Å². The van der Waals surface area contributed by atoms with Crippen molar-refractivity contribution in [2.75, 3.05) is 0 Å². The highest BCUT2D eigenvalue weighted by Crippen LogP contribution is 2.32. The van der Waals surface area contributed by atoms with Crippen LogP contribution in [0.5, 0.6) is 5.75 Å². The summed E-state index contributed by atoms with van der Waals surface area (Å²) in [5.74, 6) is -0.738. The standard InChI is InChI=1S/C14H12O3S/c15-11-7-6-10(8-14(16)17)13(9-11)18-12-4-2-1-3-5-12/h1-7,9,15H,8H2,(H,16,17). The molecular weight excluding hydrogens is 248 g/mol. The minimum atomic E-state index is -0.879. The van der Waals surface area contributed by atoms with Gasteiger partial charge in [-0.3, -0.25) is 4.79 Å². The Kier molecular flexibility index (Phi) is 3.89. The van der Waals surface area contributed by atoms with Gasteiger partial charge in [-0.05, 0) is 29.8 Å². The molecule has 0 aliphatic heterocycles. The van der Waals surface area contributed by atoms with E-state index < -0.39 is 5.97 Å². The SMILES string of the molecule is O=C(O)Cc1ccc(O)cc1Sc1ccccc1. The van der Waals surface area contributed by atoms with Gasteiger partial charge in [-0.15, -0.1) is 0 Å². The van der Waals surface area contributed by atoms with Gasteiger partial charge in [0.05, 0.1) is 6.42 Å². The lowest BCUT2D eigenvalue weighted by molar-refractivity contribution is -0.136. The molecule has 0 saturated heterocycles. The van der Waals surface area contributed by atoms with Crippen molar-refractivity contribution in [1.29, 1.82) is 0 Å². The summed E-state index contributed by atoms with van der Waals surface area (Å²) in [5, 5.41) is 18.3. The van der Waals surface area contributed by atoms with E-state index >= 15 is 0 Å². The van der Waals surface area contributed by atoms with Crippen LogP contribution < -0.4 is 0 Å². The van der Waals surface area contributed by atoms with Crippen molar-refractivity contribution in [1.82, 2.24) is 0 Å². The Morgan fingerprint density at radius 3 is 2.50 bits per heavy atom. The van der Waals surface area contributed by atoms with Crippen LogP contribution in [-0.2, 0) is 11.2 Å². The molecule has 2 aromatic rings. The summed E-state index contributed by atoms with van der Waals surface area (Å²) < 4.78 is 0. The van der Waals surface area contributed by atoms with Gasteiger partial charge in [-0.25, -0.2) is 0 Å². The highest BCUT2D eigenvalue weighted by atomic mass is 32.2. The van der Waals surface area contributed by atoms with Crippen LogP contribution in [0.25, 0.3) is 0 Å². The number of benzene rings is 2. The first-order chi connectivity index (χ1) is 8.65. The summed E-state index contributed by atoms with van der Waals surface area (Å²) in [6.45, 7) is 0. The molecule has 0 radical (unpaired) electrons. The first-order valence-corrected chi connectivity index (χ1v) is 6.23. The summed E-state index contributed by atoms with van der Waals surface area (Å²) in [6.07, 6.45) is -0.0462. The number of aromatic hydroxyl groups is 1. The van der Waals surface area contributed by atoms with Gasteiger partial charge in [0.25, 0.3) is 0 Å². The van der Waals surface area contributed by atoms with Crippen LogP contribution in [0.4, 0.5) is 0 Å². The molecule has 0 saturated carbocycles. The molecule has 2 rings (SSSR count). The van der Waals surface area contributed by atoms with Gasteiger partial charge in [-0.2, -0.15) is 0 Å². The normalized spacial score (nSPS) is 10.2. The summed E-state index contributed by atoms with van der Waals surface area (Å²) in [6, 6.07) is 14.4. The molecule has 0 heterocycles. The van der Waals surface area contributed by atoms with Gasteiger partial charge in [-0.1, -0.05) is 36.0 Å². The lowest BCUT2D eigenvalue weighted by atomic mass is 10.1. The summed E-state index contributed by atoms with van der Waals surface area (Å²) in [7, 11) is 0. The first kappa shape index (κ1) is 12.5. The maximum atomic E-state index is 10.8. The van der Waals surface area contributed by atoms with Crippen LogP contribution >= 0.6 is 11.8 Å². The Morgan fingerprint density at radius 1 is 1.11 bits per heavy atom. The molecule has 0 fully saturated rings. The van der Waals surface area contributed by atoms with Gasteiger partial charge in [0.15, 0.2) is 0 Å². The van der Waals surface area contributed by atoms with Crippen molar-refractivity contribution in [2.24, 2.45) is 0 Å². The van der Waals surface area contributed by atoms with E-state index in [1.54, 1.807) is 12.1 Å². The molecule has 2 aromatic carbocycles. The molecule has 92 valence electrons. The number of phenols is 1. The number of carboxylic acid groups (broad SMARTS) is 1. The zero-order chi connectivity index (χ0) is 13.0. The Hall–Kier alpha value is -1.94. The highest BCUT2D eigenvalue weighted by molar-refractivity contribution is 7.99. The lowest BCUT2D eigenvalue weighted by Crippen LogP contribution is -2.01. The van der Waals surface area contributed by atoms with Crippen LogP contribution in [-0.4, -0.2) is 16.2 Å². The smallest absolute Gasteiger partial charge is 0.307 e. The third-order valence-electron chi connectivity index (χ3n) is 2.36. The fourth-order valence-electron chi connectivity index (χ4n) is 1.56. The summed E-state index contributed by atoms with van der Waals surface area (Å²) in [5.41, 5.74) is 0.703. The molecule has 0 amide bonds. The fraction of sp³-hybridized carbons (Fsp3) is 0.0714. The molecule has 0 spiro atoms. The molecule has 0 aromatic heterocycles. The fourth-order valence-corrected chi connectivity index (χ4v) is 2.56. The Morgan fingerprint density at radius 2 is 1.83 bits per heavy atom. The molecular formula is C14H12O3S. The number of hydrogen-bond acceptors (Lipinski definition) is 3. The number of carboxylic acids is 1. The maximum absolute atomic E-state index is 10.8. The van der Waals surface area contributed by atoms with E-state index in [-0.39, 0.29) is 12.2 Å². The van der Waals surface area contributed by atoms with E-state index in [4.69, 9.17) is 5.11 Å². The molecule has 0 aliphatic rings. The number of phenolic OH excluding ortho intramolecular Hbond substituents is 1. The van der Waals surface area contributed by atoms with Crippen molar-refractivity contribution >= 4 is 17.7 Å². The summed E-state index contributed by atoms with van der Waals surface area (Å²) >= 11 is 1.45. The molecule has 0 bridgehead atoms. The van der Waals surface area contributed by atoms with E-state index in [9.17, 15) is 9.90 Å². The predicted molar refractivity (Wildman–Crippen MR) is 70.0 cm³/mol. The molecule has 0 aliphatic carbocycles. The van der Waals surface area contributed by atoms with E-state index in [1.165, 1.54) is 17.8 Å². The van der Waals surface area contributed by atoms with E-state index in [1.807, 2.05) is 30.3 Å². The molecule has 0 unspecified atom stereocenters. The number of aliphatic carboxylic acids is 1. The molecule has 3 nitrogen and oxygen atoms in total. The van der Waals surface area contributed by atoms with Gasteiger partial charge >= 0.3 is 5.97 Å². The summed E-state index contributed by atoms with van der Waals surface area (Å²) in [4.78, 5) is 12.6. The van der Waals surface area contributed by atoms with Crippen molar-refractivity contribution in [3.63, 3.8) is 0 Å². The Balaban J connectivity index is 2.30. The van der Waals surface area contributed by atoms with Gasteiger partial charge in [0.1, 0.15) is 5.75 Å². The average Bonchev–Trinajstić information content (AvgIpc) is 2.33. The maximum Gasteiger partial charge on any atom is 0.307 e. The Bertz CT molecular complexity index is 552. The monoisotopic (exact) mass is 260 g/mol. The minimum Gasteiger partial charge on any atom is -0.508 e. The van der Waals surface area contributed by atoms with Crippen LogP contribution in [0, 0.1) is 0 Å². The molecule has 2 N–H and O–H groups in total. The second-order valence-electron chi connectivity index (χ2n) is 3.78. The third-order valence-corrected chi connectivity index (χ3v) is 3.47. The number of rotatable bonds is 4. The molecule has 0 atom stereocenters. The topological polar surface area (TPSA) is 57.5 Å². The van der Waals surface area contributed by atoms with E-state index in [2.05, 4.69) is 0 Å². The van der Waals surface area contributed by atoms with Crippen LogP contribution in [0.15, 0.2) is 58.3 Å². The van der Waals surface area contributed by atoms with Crippen molar-refractivity contribution in [2.45, 2.75) is 16.2 Å². The van der Waals surface area contributed by atoms with Crippen LogP contribution in [0.3, 0.4) is 0 Å². The van der Waals surface area contributed by atoms with E-state index in [0.29, 0.717) is 5.56 Å². The van der Waals surface area contributed by atoms with Crippen molar-refractivity contribution < 1.29 is 15.0 Å². The first-order valence-electron chi connectivity index (χ1n) is 5.42. The third kappa shape index (κ3) is 3.28. The largest absolute Gasteiger partial charge is 0.508 e. The van der Waals surface area contributed by atoms with Crippen molar-refractivity contribution in [3.8, 4) is 5.75 Å². The van der Waals surface area contributed by atoms with Crippen LogP contribution in [0.2, 0.25) is 0 Å². The molecule has 18 heavy (non-hydrogen) atoms. The lowest BCUT2D eigenvalue weighted by Gasteiger charge is -2.08. The number of hydrogen-bond donors (Lipinski definition) is 2. The van der Waals surface area contributed by atoms with Gasteiger partial charge in [0, 0.05) is 9.79 Å². The second-order valence-corrected chi connectivity index (χ2v) is 4.89. The number of carbonyl (C=O) groups is 1. The zero-order valence-electron chi connectivity index (χ0n) is 9.54. The quantitative estimate of drug-likeness (QED) is 0.886. The Labute approximate surface area is 109 Å². The minimum absolute atomic E-state index is 0.0462. The zero-order valence-corrected chi connectivity index (χ0v) is 10.4. The van der Waals surface area contributed by atoms with Gasteiger partial charge < -0.3 is 10.2 Å². The highest BCUT2D eigenvalue weighted by Gasteiger charge is 2.09. The average molecular weight is 260 g/mol. The van der Waals surface area contributed by atoms with Crippen LogP contribution in [0.1, 0.15) is 5.56 Å².